The molecule has 0 fully saturated rings. The van der Waals surface area contributed by atoms with Crippen molar-refractivity contribution < 1.29 is 43.8 Å². The van der Waals surface area contributed by atoms with Gasteiger partial charge in [0.25, 0.3) is 0 Å². The lowest BCUT2D eigenvalue weighted by molar-refractivity contribution is -0.145. The lowest BCUT2D eigenvalue weighted by Crippen LogP contribution is -2.59. The Labute approximate surface area is 195 Å². The summed E-state index contributed by atoms with van der Waals surface area (Å²) in [6.07, 6.45) is -1.52. The van der Waals surface area contributed by atoms with Gasteiger partial charge in [-0.15, -0.1) is 0 Å². The smallest absolute Gasteiger partial charge is 0.326 e. The molecule has 15 nitrogen and oxygen atoms in total. The number of hydrogen-bond acceptors (Lipinski definition) is 8. The molecule has 0 aliphatic carbocycles. The number of carboxylic acid groups (broad SMARTS) is 2. The van der Waals surface area contributed by atoms with Crippen LogP contribution in [-0.4, -0.2) is 75.9 Å². The Hall–Kier alpha value is -3.75. The van der Waals surface area contributed by atoms with Gasteiger partial charge in [0, 0.05) is 6.42 Å². The molecule has 5 atom stereocenters. The van der Waals surface area contributed by atoms with Gasteiger partial charge in [-0.2, -0.15) is 0 Å². The first-order chi connectivity index (χ1) is 15.7. The van der Waals surface area contributed by atoms with E-state index in [2.05, 4.69) is 10.6 Å². The number of primary amides is 2. The molecule has 0 radical (unpaired) electrons. The van der Waals surface area contributed by atoms with Gasteiger partial charge in [0.15, 0.2) is 0 Å². The van der Waals surface area contributed by atoms with Gasteiger partial charge in [0.1, 0.15) is 18.1 Å². The molecule has 0 bridgehead atoms. The fourth-order valence-electron chi connectivity index (χ4n) is 2.71. The number of aliphatic carboxylic acids is 2. The van der Waals surface area contributed by atoms with Gasteiger partial charge in [0.05, 0.1) is 18.9 Å². The molecule has 0 heterocycles. The number of hydrogen-bond donors (Lipinski definition) is 8. The van der Waals surface area contributed by atoms with E-state index in [1.807, 2.05) is 5.32 Å². The molecule has 15 heteroatoms. The SMILES string of the molecule is CCC(C)C(NC(=O)C(N)CCC(N)=O)C(=O)NC(CC(=O)O)C(=O)NC(CC(N)=O)C(=O)O. The summed E-state index contributed by atoms with van der Waals surface area (Å²) < 4.78 is 0. The van der Waals surface area contributed by atoms with Crippen molar-refractivity contribution in [1.82, 2.24) is 16.0 Å². The van der Waals surface area contributed by atoms with Crippen molar-refractivity contribution in [3.05, 3.63) is 0 Å². The van der Waals surface area contributed by atoms with Crippen LogP contribution in [0.4, 0.5) is 0 Å². The van der Waals surface area contributed by atoms with Crippen LogP contribution in [0.1, 0.15) is 46.0 Å². The second kappa shape index (κ2) is 14.4. The Morgan fingerprint density at radius 2 is 1.35 bits per heavy atom. The summed E-state index contributed by atoms with van der Waals surface area (Å²) in [7, 11) is 0. The van der Waals surface area contributed by atoms with Crippen LogP contribution in [0.3, 0.4) is 0 Å². The van der Waals surface area contributed by atoms with Crippen molar-refractivity contribution in [3.8, 4) is 0 Å². The van der Waals surface area contributed by atoms with Crippen molar-refractivity contribution in [3.63, 3.8) is 0 Å². The van der Waals surface area contributed by atoms with E-state index < -0.39 is 84.4 Å². The molecule has 0 aliphatic rings. The van der Waals surface area contributed by atoms with E-state index in [-0.39, 0.29) is 12.8 Å². The highest BCUT2D eigenvalue weighted by molar-refractivity contribution is 5.96. The minimum atomic E-state index is -1.74. The first kappa shape index (κ1) is 30.2. The molecule has 5 amide bonds. The second-order valence-electron chi connectivity index (χ2n) is 7.71. The van der Waals surface area contributed by atoms with E-state index in [0.29, 0.717) is 6.42 Å². The van der Waals surface area contributed by atoms with Gasteiger partial charge in [-0.05, 0) is 12.3 Å². The van der Waals surface area contributed by atoms with E-state index in [0.717, 1.165) is 0 Å². The highest BCUT2D eigenvalue weighted by Gasteiger charge is 2.33. The number of nitrogens with two attached hydrogens (primary N) is 3. The number of carboxylic acids is 2. The van der Waals surface area contributed by atoms with E-state index in [4.69, 9.17) is 27.4 Å². The maximum absolute atomic E-state index is 12.9. The highest BCUT2D eigenvalue weighted by Crippen LogP contribution is 2.10. The molecule has 0 aliphatic heterocycles. The molecule has 0 spiro atoms. The van der Waals surface area contributed by atoms with E-state index in [9.17, 15) is 33.6 Å². The van der Waals surface area contributed by atoms with Gasteiger partial charge in [-0.25, -0.2) is 4.79 Å². The lowest BCUT2D eigenvalue weighted by atomic mass is 9.97. The molecule has 34 heavy (non-hydrogen) atoms. The minimum Gasteiger partial charge on any atom is -0.481 e. The highest BCUT2D eigenvalue weighted by atomic mass is 16.4. The predicted molar refractivity (Wildman–Crippen MR) is 115 cm³/mol. The van der Waals surface area contributed by atoms with Crippen LogP contribution in [0, 0.1) is 5.92 Å². The summed E-state index contributed by atoms with van der Waals surface area (Å²) in [4.78, 5) is 82.1. The molecule has 192 valence electrons. The van der Waals surface area contributed by atoms with Gasteiger partial charge in [0.2, 0.25) is 29.5 Å². The second-order valence-corrected chi connectivity index (χ2v) is 7.71. The van der Waals surface area contributed by atoms with Crippen LogP contribution in [0.25, 0.3) is 0 Å². The fourth-order valence-corrected chi connectivity index (χ4v) is 2.71. The summed E-state index contributed by atoms with van der Waals surface area (Å²) in [6.45, 7) is 3.33. The first-order valence-electron chi connectivity index (χ1n) is 10.4. The zero-order chi connectivity index (χ0) is 26.6. The lowest BCUT2D eigenvalue weighted by Gasteiger charge is -2.27. The maximum atomic E-state index is 12.9. The third-order valence-electron chi connectivity index (χ3n) is 4.86. The largest absolute Gasteiger partial charge is 0.481 e. The number of amides is 5. The van der Waals surface area contributed by atoms with Crippen molar-refractivity contribution in [2.45, 2.75) is 70.1 Å². The standard InChI is InChI=1S/C19H32N6O9/c1-3-8(2)15(25-16(30)9(20)4-5-12(21)26)18(32)23-10(7-14(28)29)17(31)24-11(19(33)34)6-13(22)27/h8-11,15H,3-7,20H2,1-2H3,(H2,21,26)(H2,22,27)(H,23,32)(H,24,31)(H,25,30)(H,28,29)(H,33,34). The van der Waals surface area contributed by atoms with E-state index in [1.165, 1.54) is 0 Å². The van der Waals surface area contributed by atoms with E-state index in [1.54, 1.807) is 13.8 Å². The third-order valence-corrected chi connectivity index (χ3v) is 4.86. The van der Waals surface area contributed by atoms with Gasteiger partial charge in [-0.1, -0.05) is 20.3 Å². The molecule has 0 saturated carbocycles. The fraction of sp³-hybridized carbons (Fsp3) is 0.632. The molecule has 0 saturated heterocycles. The van der Waals surface area contributed by atoms with Crippen molar-refractivity contribution in [2.24, 2.45) is 23.1 Å². The maximum Gasteiger partial charge on any atom is 0.326 e. The first-order valence-corrected chi connectivity index (χ1v) is 10.4. The van der Waals surface area contributed by atoms with Crippen molar-refractivity contribution in [2.75, 3.05) is 0 Å². The van der Waals surface area contributed by atoms with Crippen LogP contribution in [0.5, 0.6) is 0 Å². The number of nitrogens with one attached hydrogen (secondary N) is 3. The Morgan fingerprint density at radius 1 is 0.794 bits per heavy atom. The number of carbonyl (C=O) groups is 7. The average Bonchev–Trinajstić information content (AvgIpc) is 2.72. The molecule has 5 unspecified atom stereocenters. The Morgan fingerprint density at radius 3 is 1.79 bits per heavy atom. The molecule has 0 aromatic carbocycles. The Balaban J connectivity index is 5.57. The van der Waals surface area contributed by atoms with Gasteiger partial charge >= 0.3 is 11.9 Å². The average molecular weight is 488 g/mol. The molecular formula is C19H32N6O9. The van der Waals surface area contributed by atoms with Gasteiger partial charge < -0.3 is 43.4 Å². The summed E-state index contributed by atoms with van der Waals surface area (Å²) in [5, 5.41) is 24.8. The van der Waals surface area contributed by atoms with Gasteiger partial charge in [-0.3, -0.25) is 28.8 Å². The van der Waals surface area contributed by atoms with Crippen LogP contribution in [0.15, 0.2) is 0 Å². The summed E-state index contributed by atoms with van der Waals surface area (Å²) in [5.41, 5.74) is 15.7. The normalized spacial score (nSPS) is 15.0. The monoisotopic (exact) mass is 488 g/mol. The van der Waals surface area contributed by atoms with Crippen LogP contribution >= 0.6 is 0 Å². The molecule has 0 aromatic rings. The van der Waals surface area contributed by atoms with Crippen molar-refractivity contribution >= 4 is 41.5 Å². The minimum absolute atomic E-state index is 0.0729. The van der Waals surface area contributed by atoms with Crippen molar-refractivity contribution in [1.29, 1.82) is 0 Å². The van der Waals surface area contributed by atoms with E-state index >= 15 is 0 Å². The zero-order valence-corrected chi connectivity index (χ0v) is 18.9. The zero-order valence-electron chi connectivity index (χ0n) is 18.9. The molecule has 0 aromatic heterocycles. The summed E-state index contributed by atoms with van der Waals surface area (Å²) >= 11 is 0. The topological polar surface area (TPSA) is 274 Å². The van der Waals surface area contributed by atoms with Crippen LogP contribution < -0.4 is 33.2 Å². The predicted octanol–water partition coefficient (Wildman–Crippen LogP) is -3.49. The summed E-state index contributed by atoms with van der Waals surface area (Å²) in [5.74, 6) is -8.14. The molecule has 11 N–H and O–H groups in total. The Kier molecular flexibility index (Phi) is 12.8. The Bertz CT molecular complexity index is 803. The number of rotatable bonds is 16. The van der Waals surface area contributed by atoms with Crippen LogP contribution in [-0.2, 0) is 33.6 Å². The quantitative estimate of drug-likeness (QED) is 0.106. The number of carbonyl (C=O) groups excluding carboxylic acids is 5. The molecular weight excluding hydrogens is 456 g/mol. The van der Waals surface area contributed by atoms with Crippen LogP contribution in [0.2, 0.25) is 0 Å². The summed E-state index contributed by atoms with van der Waals surface area (Å²) in [6, 6.07) is -5.87. The third kappa shape index (κ3) is 11.2. The molecule has 0 rings (SSSR count).